The fourth-order valence-electron chi connectivity index (χ4n) is 3.63. The molecule has 0 radical (unpaired) electrons. The monoisotopic (exact) mass is 273 g/mol. The van der Waals surface area contributed by atoms with E-state index in [1.54, 1.807) is 0 Å². The Bertz CT molecular complexity index is 480. The predicted molar refractivity (Wildman–Crippen MR) is 78.2 cm³/mol. The molecule has 1 fully saturated rings. The van der Waals surface area contributed by atoms with Crippen LogP contribution in [0.3, 0.4) is 0 Å². The van der Waals surface area contributed by atoms with E-state index < -0.39 is 6.10 Å². The second-order valence-electron chi connectivity index (χ2n) is 6.22. The molecular formula is C17H23NO2. The largest absolute Gasteiger partial charge is 0.390 e. The summed E-state index contributed by atoms with van der Waals surface area (Å²) in [7, 11) is 0. The van der Waals surface area contributed by atoms with Crippen molar-refractivity contribution in [2.24, 2.45) is 5.92 Å². The Morgan fingerprint density at radius 3 is 2.75 bits per heavy atom. The van der Waals surface area contributed by atoms with Gasteiger partial charge in [-0.3, -0.25) is 4.79 Å². The molecule has 1 aromatic carbocycles. The van der Waals surface area contributed by atoms with Crippen molar-refractivity contribution in [1.29, 1.82) is 0 Å². The standard InChI is InChI=1S/C17H23NO2/c19-15-11-13-8-4-5-9-14(13)17(15)18-16(20)10-12-6-2-1-3-7-12/h4-5,8-9,12,15,17,19H,1-3,6-7,10-11H2,(H,18,20). The molecule has 0 aromatic heterocycles. The van der Waals surface area contributed by atoms with Crippen LogP contribution in [0, 0.1) is 5.92 Å². The third kappa shape index (κ3) is 2.88. The first-order valence-corrected chi connectivity index (χ1v) is 7.79. The summed E-state index contributed by atoms with van der Waals surface area (Å²) < 4.78 is 0. The summed E-state index contributed by atoms with van der Waals surface area (Å²) in [4.78, 5) is 12.2. The van der Waals surface area contributed by atoms with Gasteiger partial charge in [-0.25, -0.2) is 0 Å². The lowest BCUT2D eigenvalue weighted by molar-refractivity contribution is -0.123. The third-order valence-electron chi connectivity index (χ3n) is 4.72. The Hall–Kier alpha value is -1.35. The van der Waals surface area contributed by atoms with Crippen molar-refractivity contribution >= 4 is 5.91 Å². The minimum Gasteiger partial charge on any atom is -0.390 e. The highest BCUT2D eigenvalue weighted by molar-refractivity contribution is 5.77. The van der Waals surface area contributed by atoms with Crippen molar-refractivity contribution in [2.45, 2.75) is 57.1 Å². The number of fused-ring (bicyclic) bond motifs is 1. The Morgan fingerprint density at radius 2 is 1.95 bits per heavy atom. The second kappa shape index (κ2) is 5.96. The first-order valence-electron chi connectivity index (χ1n) is 7.79. The van der Waals surface area contributed by atoms with E-state index in [0.717, 1.165) is 11.1 Å². The quantitative estimate of drug-likeness (QED) is 0.889. The Balaban J connectivity index is 1.61. The smallest absolute Gasteiger partial charge is 0.220 e. The number of benzene rings is 1. The molecule has 3 nitrogen and oxygen atoms in total. The molecule has 0 spiro atoms. The Morgan fingerprint density at radius 1 is 1.20 bits per heavy atom. The lowest BCUT2D eigenvalue weighted by Gasteiger charge is -2.23. The van der Waals surface area contributed by atoms with Crippen LogP contribution >= 0.6 is 0 Å². The first kappa shape index (κ1) is 13.6. The number of nitrogens with one attached hydrogen (secondary N) is 1. The van der Waals surface area contributed by atoms with Crippen LogP contribution < -0.4 is 5.32 Å². The van der Waals surface area contributed by atoms with Crippen LogP contribution in [0.25, 0.3) is 0 Å². The summed E-state index contributed by atoms with van der Waals surface area (Å²) in [5, 5.41) is 13.2. The number of aliphatic hydroxyl groups is 1. The molecule has 3 heteroatoms. The molecule has 2 aliphatic rings. The molecule has 2 aliphatic carbocycles. The number of rotatable bonds is 3. The molecule has 0 bridgehead atoms. The van der Waals surface area contributed by atoms with Gasteiger partial charge in [-0.15, -0.1) is 0 Å². The van der Waals surface area contributed by atoms with Gasteiger partial charge in [-0.2, -0.15) is 0 Å². The van der Waals surface area contributed by atoms with Crippen LogP contribution in [0.1, 0.15) is 55.7 Å². The average molecular weight is 273 g/mol. The van der Waals surface area contributed by atoms with Crippen LogP contribution in [0.15, 0.2) is 24.3 Å². The van der Waals surface area contributed by atoms with E-state index in [1.807, 2.05) is 24.3 Å². The van der Waals surface area contributed by atoms with Gasteiger partial charge in [0.15, 0.2) is 0 Å². The lowest BCUT2D eigenvalue weighted by Crippen LogP contribution is -2.35. The van der Waals surface area contributed by atoms with E-state index in [0.29, 0.717) is 18.8 Å². The minimum atomic E-state index is -0.484. The highest BCUT2D eigenvalue weighted by Gasteiger charge is 2.32. The zero-order valence-electron chi connectivity index (χ0n) is 11.8. The van der Waals surface area contributed by atoms with Crippen molar-refractivity contribution < 1.29 is 9.90 Å². The van der Waals surface area contributed by atoms with E-state index in [2.05, 4.69) is 5.32 Å². The summed E-state index contributed by atoms with van der Waals surface area (Å²) >= 11 is 0. The summed E-state index contributed by atoms with van der Waals surface area (Å²) in [6.45, 7) is 0. The lowest BCUT2D eigenvalue weighted by atomic mass is 9.87. The third-order valence-corrected chi connectivity index (χ3v) is 4.72. The fourth-order valence-corrected chi connectivity index (χ4v) is 3.63. The summed E-state index contributed by atoms with van der Waals surface area (Å²) in [6, 6.07) is 7.78. The SMILES string of the molecule is O=C(CC1CCCCC1)NC1c2ccccc2CC1O. The van der Waals surface area contributed by atoms with Crippen molar-refractivity contribution in [2.75, 3.05) is 0 Å². The number of hydrogen-bond acceptors (Lipinski definition) is 2. The van der Waals surface area contributed by atoms with Crippen molar-refractivity contribution in [3.05, 3.63) is 35.4 Å². The van der Waals surface area contributed by atoms with Crippen LogP contribution in [0.2, 0.25) is 0 Å². The topological polar surface area (TPSA) is 49.3 Å². The van der Waals surface area contributed by atoms with Crippen molar-refractivity contribution in [3.8, 4) is 0 Å². The van der Waals surface area contributed by atoms with Gasteiger partial charge < -0.3 is 10.4 Å². The predicted octanol–water partition coefficient (Wildman–Crippen LogP) is 2.73. The molecule has 2 atom stereocenters. The first-order chi connectivity index (χ1) is 9.74. The van der Waals surface area contributed by atoms with Gasteiger partial charge in [0.05, 0.1) is 12.1 Å². The van der Waals surface area contributed by atoms with Crippen LogP contribution in [-0.4, -0.2) is 17.1 Å². The van der Waals surface area contributed by atoms with Crippen LogP contribution in [0.5, 0.6) is 0 Å². The van der Waals surface area contributed by atoms with Gasteiger partial charge in [-0.1, -0.05) is 43.5 Å². The molecule has 3 rings (SSSR count). The molecule has 2 unspecified atom stereocenters. The maximum atomic E-state index is 12.2. The van der Waals surface area contributed by atoms with Crippen LogP contribution in [-0.2, 0) is 11.2 Å². The van der Waals surface area contributed by atoms with Gasteiger partial charge in [0.2, 0.25) is 5.91 Å². The minimum absolute atomic E-state index is 0.0950. The maximum absolute atomic E-state index is 12.2. The Kier molecular flexibility index (Phi) is 4.06. The highest BCUT2D eigenvalue weighted by atomic mass is 16.3. The molecule has 20 heavy (non-hydrogen) atoms. The zero-order chi connectivity index (χ0) is 13.9. The molecule has 2 N–H and O–H groups in total. The zero-order valence-corrected chi connectivity index (χ0v) is 11.8. The van der Waals surface area contributed by atoms with E-state index in [4.69, 9.17) is 0 Å². The van der Waals surface area contributed by atoms with E-state index in [9.17, 15) is 9.90 Å². The summed E-state index contributed by atoms with van der Waals surface area (Å²) in [5.74, 6) is 0.634. The van der Waals surface area contributed by atoms with E-state index in [1.165, 1.54) is 32.1 Å². The second-order valence-corrected chi connectivity index (χ2v) is 6.22. The fraction of sp³-hybridized carbons (Fsp3) is 0.588. The molecule has 1 saturated carbocycles. The van der Waals surface area contributed by atoms with Crippen LogP contribution in [0.4, 0.5) is 0 Å². The van der Waals surface area contributed by atoms with E-state index in [-0.39, 0.29) is 11.9 Å². The molecule has 0 aliphatic heterocycles. The number of carbonyl (C=O) groups is 1. The Labute approximate surface area is 120 Å². The molecule has 0 saturated heterocycles. The summed E-state index contributed by atoms with van der Waals surface area (Å²) in [5.41, 5.74) is 2.24. The number of carbonyl (C=O) groups excluding carboxylic acids is 1. The van der Waals surface area contributed by atoms with Gasteiger partial charge in [0, 0.05) is 12.8 Å². The summed E-state index contributed by atoms with van der Waals surface area (Å²) in [6.07, 6.45) is 6.96. The van der Waals surface area contributed by atoms with Gasteiger partial charge in [0.1, 0.15) is 0 Å². The van der Waals surface area contributed by atoms with Crippen molar-refractivity contribution in [3.63, 3.8) is 0 Å². The number of aliphatic hydroxyl groups excluding tert-OH is 1. The molecule has 1 aromatic rings. The molecule has 108 valence electrons. The van der Waals surface area contributed by atoms with Gasteiger partial charge in [0.25, 0.3) is 0 Å². The van der Waals surface area contributed by atoms with E-state index >= 15 is 0 Å². The number of amides is 1. The molecular weight excluding hydrogens is 250 g/mol. The average Bonchev–Trinajstić information content (AvgIpc) is 2.76. The van der Waals surface area contributed by atoms with Gasteiger partial charge in [-0.05, 0) is 29.9 Å². The number of hydrogen-bond donors (Lipinski definition) is 2. The molecule has 1 amide bonds. The van der Waals surface area contributed by atoms with Crippen molar-refractivity contribution in [1.82, 2.24) is 5.32 Å². The molecule has 0 heterocycles. The normalized spacial score (nSPS) is 26.2. The highest BCUT2D eigenvalue weighted by Crippen LogP contribution is 2.32. The maximum Gasteiger partial charge on any atom is 0.220 e. The van der Waals surface area contributed by atoms with Gasteiger partial charge >= 0.3 is 0 Å².